The van der Waals surface area contributed by atoms with Crippen molar-refractivity contribution in [3.05, 3.63) is 56.5 Å². The zero-order chi connectivity index (χ0) is 15.4. The van der Waals surface area contributed by atoms with Crippen LogP contribution in [0.2, 0.25) is 0 Å². The van der Waals surface area contributed by atoms with E-state index in [0.29, 0.717) is 5.75 Å². The summed E-state index contributed by atoms with van der Waals surface area (Å²) in [6.07, 6.45) is 0. The van der Waals surface area contributed by atoms with E-state index < -0.39 is 0 Å². The SMILES string of the molecule is Cc1ccc(NC(=O)COc2ccc(C)cc2Br)c(Br)c1. The van der Waals surface area contributed by atoms with E-state index in [9.17, 15) is 4.79 Å². The molecule has 0 saturated heterocycles. The van der Waals surface area contributed by atoms with Crippen molar-refractivity contribution in [2.75, 3.05) is 11.9 Å². The number of anilines is 1. The highest BCUT2D eigenvalue weighted by molar-refractivity contribution is 9.11. The summed E-state index contributed by atoms with van der Waals surface area (Å²) in [6, 6.07) is 11.5. The molecule has 110 valence electrons. The van der Waals surface area contributed by atoms with Gasteiger partial charge >= 0.3 is 0 Å². The molecule has 5 heteroatoms. The minimum atomic E-state index is -0.202. The maximum absolute atomic E-state index is 11.9. The van der Waals surface area contributed by atoms with E-state index >= 15 is 0 Å². The van der Waals surface area contributed by atoms with E-state index in [1.54, 1.807) is 0 Å². The summed E-state index contributed by atoms with van der Waals surface area (Å²) in [5.41, 5.74) is 2.99. The van der Waals surface area contributed by atoms with Crippen LogP contribution in [0, 0.1) is 13.8 Å². The van der Waals surface area contributed by atoms with Gasteiger partial charge in [-0.05, 0) is 81.1 Å². The Morgan fingerprint density at radius 2 is 1.67 bits per heavy atom. The lowest BCUT2D eigenvalue weighted by Gasteiger charge is -2.10. The highest BCUT2D eigenvalue weighted by atomic mass is 79.9. The molecule has 2 rings (SSSR count). The van der Waals surface area contributed by atoms with Crippen LogP contribution in [0.1, 0.15) is 11.1 Å². The number of hydrogen-bond acceptors (Lipinski definition) is 2. The van der Waals surface area contributed by atoms with Gasteiger partial charge in [0.25, 0.3) is 5.91 Å². The first kappa shape index (κ1) is 16.0. The van der Waals surface area contributed by atoms with Gasteiger partial charge < -0.3 is 10.1 Å². The van der Waals surface area contributed by atoms with Crippen molar-refractivity contribution >= 4 is 43.5 Å². The van der Waals surface area contributed by atoms with Crippen molar-refractivity contribution in [2.45, 2.75) is 13.8 Å². The normalized spacial score (nSPS) is 10.3. The topological polar surface area (TPSA) is 38.3 Å². The molecular formula is C16H15Br2NO2. The molecule has 0 saturated carbocycles. The second-order valence-corrected chi connectivity index (χ2v) is 6.46. The average molecular weight is 413 g/mol. The van der Waals surface area contributed by atoms with Gasteiger partial charge in [-0.2, -0.15) is 0 Å². The molecule has 0 bridgehead atoms. The minimum absolute atomic E-state index is 0.0397. The fourth-order valence-electron chi connectivity index (χ4n) is 1.77. The second-order valence-electron chi connectivity index (χ2n) is 4.75. The van der Waals surface area contributed by atoms with Gasteiger partial charge in [0.2, 0.25) is 0 Å². The zero-order valence-corrected chi connectivity index (χ0v) is 14.9. The molecule has 3 nitrogen and oxygen atoms in total. The molecule has 0 heterocycles. The lowest BCUT2D eigenvalue weighted by molar-refractivity contribution is -0.118. The molecule has 2 aromatic rings. The summed E-state index contributed by atoms with van der Waals surface area (Å²) in [5, 5.41) is 2.81. The molecule has 21 heavy (non-hydrogen) atoms. The van der Waals surface area contributed by atoms with Crippen molar-refractivity contribution < 1.29 is 9.53 Å². The van der Waals surface area contributed by atoms with Crippen molar-refractivity contribution in [2.24, 2.45) is 0 Å². The Morgan fingerprint density at radius 1 is 1.05 bits per heavy atom. The second kappa shape index (κ2) is 7.09. The van der Waals surface area contributed by atoms with E-state index in [4.69, 9.17) is 4.74 Å². The van der Waals surface area contributed by atoms with E-state index in [1.807, 2.05) is 50.2 Å². The Kier molecular flexibility index (Phi) is 5.42. The molecule has 0 aromatic heterocycles. The van der Waals surface area contributed by atoms with Crippen LogP contribution in [-0.2, 0) is 4.79 Å². The van der Waals surface area contributed by atoms with E-state index in [-0.39, 0.29) is 12.5 Å². The van der Waals surface area contributed by atoms with Crippen LogP contribution in [0.4, 0.5) is 5.69 Å². The smallest absolute Gasteiger partial charge is 0.262 e. The third kappa shape index (κ3) is 4.58. The predicted molar refractivity (Wildman–Crippen MR) is 91.9 cm³/mol. The number of rotatable bonds is 4. The summed E-state index contributed by atoms with van der Waals surface area (Å²) in [5.74, 6) is 0.450. The molecule has 0 atom stereocenters. The third-order valence-electron chi connectivity index (χ3n) is 2.84. The molecule has 0 aliphatic heterocycles. The van der Waals surface area contributed by atoms with Crippen LogP contribution >= 0.6 is 31.9 Å². The van der Waals surface area contributed by atoms with Gasteiger partial charge in [0.15, 0.2) is 6.61 Å². The van der Waals surface area contributed by atoms with Gasteiger partial charge in [0, 0.05) is 4.47 Å². The minimum Gasteiger partial charge on any atom is -0.483 e. The molecular weight excluding hydrogens is 398 g/mol. The number of aryl methyl sites for hydroxylation is 2. The van der Waals surface area contributed by atoms with Gasteiger partial charge in [-0.25, -0.2) is 0 Å². The Hall–Kier alpha value is -1.33. The van der Waals surface area contributed by atoms with Crippen LogP contribution in [0.5, 0.6) is 5.75 Å². The first-order valence-electron chi connectivity index (χ1n) is 6.40. The van der Waals surface area contributed by atoms with Gasteiger partial charge in [0.05, 0.1) is 10.2 Å². The van der Waals surface area contributed by atoms with E-state index in [0.717, 1.165) is 25.8 Å². The Balaban J connectivity index is 1.96. The molecule has 0 unspecified atom stereocenters. The van der Waals surface area contributed by atoms with Crippen molar-refractivity contribution in [3.8, 4) is 5.75 Å². The maximum Gasteiger partial charge on any atom is 0.262 e. The summed E-state index contributed by atoms with van der Waals surface area (Å²) in [6.45, 7) is 3.95. The Morgan fingerprint density at radius 3 is 2.29 bits per heavy atom. The molecule has 0 aliphatic carbocycles. The standard InChI is InChI=1S/C16H15Br2NO2/c1-10-3-5-14(12(17)7-10)19-16(20)9-21-15-6-4-11(2)8-13(15)18/h3-8H,9H2,1-2H3,(H,19,20). The van der Waals surface area contributed by atoms with E-state index in [2.05, 4.69) is 37.2 Å². The summed E-state index contributed by atoms with van der Waals surface area (Å²) in [4.78, 5) is 11.9. The van der Waals surface area contributed by atoms with Crippen molar-refractivity contribution in [1.29, 1.82) is 0 Å². The summed E-state index contributed by atoms with van der Waals surface area (Å²) in [7, 11) is 0. The van der Waals surface area contributed by atoms with E-state index in [1.165, 1.54) is 0 Å². The molecule has 0 aliphatic rings. The number of carbonyl (C=O) groups is 1. The highest BCUT2D eigenvalue weighted by Crippen LogP contribution is 2.26. The Bertz CT molecular complexity index is 671. The van der Waals surface area contributed by atoms with Gasteiger partial charge in [-0.3, -0.25) is 4.79 Å². The first-order valence-corrected chi connectivity index (χ1v) is 7.99. The van der Waals surface area contributed by atoms with Crippen molar-refractivity contribution in [1.82, 2.24) is 0 Å². The van der Waals surface area contributed by atoms with Gasteiger partial charge in [-0.15, -0.1) is 0 Å². The number of ether oxygens (including phenoxy) is 1. The third-order valence-corrected chi connectivity index (χ3v) is 4.12. The van der Waals surface area contributed by atoms with Gasteiger partial charge in [0.1, 0.15) is 5.75 Å². The number of amides is 1. The van der Waals surface area contributed by atoms with Crippen molar-refractivity contribution in [3.63, 3.8) is 0 Å². The largest absolute Gasteiger partial charge is 0.483 e. The highest BCUT2D eigenvalue weighted by Gasteiger charge is 2.08. The number of halogens is 2. The molecule has 2 aromatic carbocycles. The van der Waals surface area contributed by atoms with Crippen LogP contribution in [0.25, 0.3) is 0 Å². The Labute approximate surface area is 141 Å². The van der Waals surface area contributed by atoms with Crippen LogP contribution in [0.3, 0.4) is 0 Å². The lowest BCUT2D eigenvalue weighted by Crippen LogP contribution is -2.20. The fraction of sp³-hybridized carbons (Fsp3) is 0.188. The lowest BCUT2D eigenvalue weighted by atomic mass is 10.2. The molecule has 1 amide bonds. The molecule has 0 fully saturated rings. The van der Waals surface area contributed by atoms with Gasteiger partial charge in [-0.1, -0.05) is 12.1 Å². The van der Waals surface area contributed by atoms with Crippen LogP contribution in [0.15, 0.2) is 45.3 Å². The van der Waals surface area contributed by atoms with Crippen LogP contribution < -0.4 is 10.1 Å². The molecule has 0 spiro atoms. The zero-order valence-electron chi connectivity index (χ0n) is 11.7. The van der Waals surface area contributed by atoms with Crippen LogP contribution in [-0.4, -0.2) is 12.5 Å². The average Bonchev–Trinajstić information content (AvgIpc) is 2.41. The number of hydrogen-bond donors (Lipinski definition) is 1. The summed E-state index contributed by atoms with van der Waals surface area (Å²) >= 11 is 6.85. The fourth-order valence-corrected chi connectivity index (χ4v) is 2.97. The number of benzene rings is 2. The number of nitrogens with one attached hydrogen (secondary N) is 1. The maximum atomic E-state index is 11.9. The predicted octanol–water partition coefficient (Wildman–Crippen LogP) is 4.85. The quantitative estimate of drug-likeness (QED) is 0.779. The monoisotopic (exact) mass is 411 g/mol. The summed E-state index contributed by atoms with van der Waals surface area (Å²) < 4.78 is 7.21. The number of carbonyl (C=O) groups excluding carboxylic acids is 1. The molecule has 0 radical (unpaired) electrons. The molecule has 1 N–H and O–H groups in total. The first-order chi connectivity index (χ1) is 9.95.